The summed E-state index contributed by atoms with van der Waals surface area (Å²) in [6.45, 7) is 6.66. The van der Waals surface area contributed by atoms with Crippen molar-refractivity contribution in [2.75, 3.05) is 12.3 Å². The maximum Gasteiger partial charge on any atom is 1.00 e. The van der Waals surface area contributed by atoms with Gasteiger partial charge in [0.2, 0.25) is 16.3 Å². The van der Waals surface area contributed by atoms with Crippen LogP contribution in [0.15, 0.2) is 0 Å². The van der Waals surface area contributed by atoms with Crippen LogP contribution in [-0.4, -0.2) is 61.5 Å². The molecule has 0 radical (unpaired) electrons. The Morgan fingerprint density at radius 1 is 1.00 bits per heavy atom. The Labute approximate surface area is 284 Å². The zero-order valence-corrected chi connectivity index (χ0v) is 30.3. The number of aliphatic hydroxyl groups excluding tert-OH is 1. The molecule has 0 unspecified atom stereocenters. The predicted molar refractivity (Wildman–Crippen MR) is 137 cm³/mol. The van der Waals surface area contributed by atoms with E-state index in [4.69, 9.17) is 4.18 Å². The van der Waals surface area contributed by atoms with E-state index in [2.05, 4.69) is 26.1 Å². The second-order valence-corrected chi connectivity index (χ2v) is 15.6. The van der Waals surface area contributed by atoms with Crippen molar-refractivity contribution >= 4 is 26.4 Å². The second kappa shape index (κ2) is 14.1. The van der Waals surface area contributed by atoms with E-state index < -0.39 is 38.5 Å². The summed E-state index contributed by atoms with van der Waals surface area (Å²) in [5, 5.41) is 14.0. The third-order valence-corrected chi connectivity index (χ3v) is 12.4. The maximum absolute atomic E-state index is 12.2. The first-order chi connectivity index (χ1) is 17.5. The Morgan fingerprint density at radius 3 is 2.25 bits per heavy atom. The van der Waals surface area contributed by atoms with Crippen LogP contribution >= 0.6 is 0 Å². The standard InChI is InChI=1S/C26H45NO9S2.2Na/c1-16(4-7-23(29)27-12-13-37(30,31)32)19-5-6-20-24-21(9-11-26(19,20)3)25(2)10-8-18(36-38(33,34)35)14-17(25)15-22(24)28;;/h16-22,24,28H,4-15H2,1-3H3,(H,27,29)(H,30,31,32)(H,33,34,35);;/q;2*+1/p-2/t16-,17+,18-,19-,20+,21+,22+,24+,25+,26-;;/m1../s1. The molecule has 220 valence electrons. The second-order valence-electron chi connectivity index (χ2n) is 13.1. The average molecular weight is 624 g/mol. The topological polar surface area (TPSA) is 173 Å². The van der Waals surface area contributed by atoms with E-state index in [9.17, 15) is 35.8 Å². The number of fused-ring (bicyclic) bond motifs is 5. The molecule has 10 atom stereocenters. The van der Waals surface area contributed by atoms with E-state index >= 15 is 0 Å². The van der Waals surface area contributed by atoms with Gasteiger partial charge in [-0.15, -0.1) is 0 Å². The molecular weight excluding hydrogens is 580 g/mol. The number of hydrogen-bond acceptors (Lipinski definition) is 9. The van der Waals surface area contributed by atoms with E-state index in [-0.39, 0.29) is 101 Å². The third-order valence-electron chi connectivity index (χ3n) is 11.2. The molecule has 4 aliphatic carbocycles. The molecule has 0 bridgehead atoms. The van der Waals surface area contributed by atoms with Gasteiger partial charge >= 0.3 is 59.1 Å². The van der Waals surface area contributed by atoms with Gasteiger partial charge in [0.1, 0.15) is 0 Å². The minimum Gasteiger partial charge on any atom is -0.748 e. The first kappa shape index (κ1) is 37.4. The Kier molecular flexibility index (Phi) is 13.2. The number of carbonyl (C=O) groups excluding carboxylic acids is 1. The van der Waals surface area contributed by atoms with Crippen LogP contribution in [0.25, 0.3) is 0 Å². The molecule has 1 amide bonds. The van der Waals surface area contributed by atoms with Crippen LogP contribution < -0.4 is 64.4 Å². The number of amides is 1. The molecule has 0 spiro atoms. The van der Waals surface area contributed by atoms with Crippen LogP contribution in [0.4, 0.5) is 0 Å². The monoisotopic (exact) mass is 623 g/mol. The summed E-state index contributed by atoms with van der Waals surface area (Å²) in [5.41, 5.74) is 0.0475. The molecule has 0 saturated heterocycles. The van der Waals surface area contributed by atoms with Crippen LogP contribution in [0.3, 0.4) is 0 Å². The van der Waals surface area contributed by atoms with E-state index in [1.807, 2.05) is 0 Å². The number of rotatable bonds is 9. The van der Waals surface area contributed by atoms with Gasteiger partial charge in [0, 0.05) is 13.0 Å². The Bertz CT molecular complexity index is 1110. The van der Waals surface area contributed by atoms with Gasteiger partial charge in [0.25, 0.3) is 0 Å². The molecule has 0 aromatic heterocycles. The zero-order chi connectivity index (χ0) is 28.1. The van der Waals surface area contributed by atoms with Gasteiger partial charge < -0.3 is 19.5 Å². The normalized spacial score (nSPS) is 39.9. The van der Waals surface area contributed by atoms with Crippen LogP contribution in [0, 0.1) is 46.3 Å². The minimum atomic E-state index is -4.75. The number of hydrogen-bond donors (Lipinski definition) is 2. The molecule has 4 saturated carbocycles. The van der Waals surface area contributed by atoms with Gasteiger partial charge in [0.15, 0.2) is 0 Å². The van der Waals surface area contributed by atoms with Gasteiger partial charge in [-0.3, -0.25) is 8.98 Å². The molecule has 40 heavy (non-hydrogen) atoms. The van der Waals surface area contributed by atoms with Crippen molar-refractivity contribution in [1.82, 2.24) is 5.32 Å². The molecule has 0 aliphatic heterocycles. The van der Waals surface area contributed by atoms with Crippen LogP contribution in [-0.2, 0) is 29.5 Å². The SMILES string of the molecule is C[C@H](CCC(=O)NCCS(=O)(=O)[O-])[C@H]1CC[C@H]2[C@@H]3[C@@H](O)C[C@@H]4C[C@H](OS(=O)(=O)[O-])CC[C@]4(C)[C@H]3CC[C@]12C.[Na+].[Na+]. The molecule has 14 heteroatoms. The summed E-state index contributed by atoms with van der Waals surface area (Å²) >= 11 is 0. The van der Waals surface area contributed by atoms with Gasteiger partial charge in [-0.05, 0) is 104 Å². The van der Waals surface area contributed by atoms with Crippen molar-refractivity contribution in [3.05, 3.63) is 0 Å². The summed E-state index contributed by atoms with van der Waals surface area (Å²) in [7, 11) is -9.10. The van der Waals surface area contributed by atoms with Crippen LogP contribution in [0.2, 0.25) is 0 Å². The molecule has 4 rings (SSSR count). The molecule has 4 fully saturated rings. The molecule has 0 aromatic carbocycles. The van der Waals surface area contributed by atoms with Gasteiger partial charge in [0.05, 0.1) is 28.1 Å². The quantitative estimate of drug-likeness (QED) is 0.150. The first-order valence-electron chi connectivity index (χ1n) is 14.1. The summed E-state index contributed by atoms with van der Waals surface area (Å²) in [4.78, 5) is 12.2. The summed E-state index contributed by atoms with van der Waals surface area (Å²) in [6, 6.07) is 0. The third kappa shape index (κ3) is 8.27. The first-order valence-corrected chi connectivity index (χ1v) is 17.0. The molecule has 4 aliphatic rings. The van der Waals surface area contributed by atoms with Gasteiger partial charge in [-0.2, -0.15) is 0 Å². The number of aliphatic hydroxyl groups is 1. The predicted octanol–water partition coefficient (Wildman–Crippen LogP) is -3.45. The molecule has 10 nitrogen and oxygen atoms in total. The molecule has 0 heterocycles. The van der Waals surface area contributed by atoms with E-state index in [1.54, 1.807) is 0 Å². The van der Waals surface area contributed by atoms with E-state index in [0.29, 0.717) is 49.4 Å². The largest absolute Gasteiger partial charge is 1.00 e. The van der Waals surface area contributed by atoms with Crippen molar-refractivity contribution in [2.45, 2.75) is 97.2 Å². The van der Waals surface area contributed by atoms with E-state index in [1.165, 1.54) is 0 Å². The molecular formula is C26H43NNa2O9S2. The van der Waals surface area contributed by atoms with E-state index in [0.717, 1.165) is 32.1 Å². The smallest absolute Gasteiger partial charge is 0.748 e. The minimum absolute atomic E-state index is 0. The number of carbonyl (C=O) groups is 1. The fourth-order valence-electron chi connectivity index (χ4n) is 9.38. The van der Waals surface area contributed by atoms with Crippen molar-refractivity contribution in [1.29, 1.82) is 0 Å². The summed E-state index contributed by atoms with van der Waals surface area (Å²) < 4.78 is 70.5. The maximum atomic E-state index is 12.2. The van der Waals surface area contributed by atoms with Gasteiger partial charge in [-0.1, -0.05) is 20.8 Å². The summed E-state index contributed by atoms with van der Waals surface area (Å²) in [6.07, 6.45) is 6.45. The van der Waals surface area contributed by atoms with Gasteiger partial charge in [-0.25, -0.2) is 16.8 Å². The number of nitrogens with one attached hydrogen (secondary N) is 1. The average Bonchev–Trinajstić information content (AvgIpc) is 3.14. The van der Waals surface area contributed by atoms with Crippen molar-refractivity contribution in [3.8, 4) is 0 Å². The fraction of sp³-hybridized carbons (Fsp3) is 0.962. The van der Waals surface area contributed by atoms with Crippen LogP contribution in [0.1, 0.15) is 85.0 Å². The Hall–Kier alpha value is 1.21. The molecule has 0 aromatic rings. The van der Waals surface area contributed by atoms with Crippen LogP contribution in [0.5, 0.6) is 0 Å². The fourth-order valence-corrected chi connectivity index (χ4v) is 10.2. The van der Waals surface area contributed by atoms with Crippen molar-refractivity contribution in [3.63, 3.8) is 0 Å². The van der Waals surface area contributed by atoms with Crippen molar-refractivity contribution in [2.24, 2.45) is 46.3 Å². The molecule has 2 N–H and O–H groups in total. The Balaban J connectivity index is 0.00000280. The Morgan fingerprint density at radius 2 is 1.62 bits per heavy atom. The zero-order valence-electron chi connectivity index (χ0n) is 24.6. The summed E-state index contributed by atoms with van der Waals surface area (Å²) in [5.74, 6) is 0.903. The van der Waals surface area contributed by atoms with Crippen molar-refractivity contribution < 1.29 is 99.1 Å².